The third-order valence-corrected chi connectivity index (χ3v) is 2.01. The van der Waals surface area contributed by atoms with Crippen LogP contribution in [0.2, 0.25) is 0 Å². The van der Waals surface area contributed by atoms with E-state index in [2.05, 4.69) is 6.92 Å². The van der Waals surface area contributed by atoms with Gasteiger partial charge in [-0.1, -0.05) is 25.1 Å². The Hall–Kier alpha value is -1.44. The second-order valence-corrected chi connectivity index (χ2v) is 3.26. The van der Waals surface area contributed by atoms with Crippen LogP contribution < -0.4 is 9.47 Å². The lowest BCUT2D eigenvalue weighted by Gasteiger charge is -2.10. The molecule has 0 N–H and O–H groups in total. The van der Waals surface area contributed by atoms with Crippen LogP contribution in [0.1, 0.15) is 25.8 Å². The van der Waals surface area contributed by atoms with E-state index in [1.165, 1.54) is 0 Å². The number of allylic oxidation sites excluding steroid dienone is 1. The van der Waals surface area contributed by atoms with Crippen molar-refractivity contribution >= 4 is 6.08 Å². The van der Waals surface area contributed by atoms with Gasteiger partial charge >= 0.3 is 0 Å². The van der Waals surface area contributed by atoms with Crippen molar-refractivity contribution in [1.82, 2.24) is 0 Å². The van der Waals surface area contributed by atoms with Crippen LogP contribution in [0.25, 0.3) is 6.08 Å². The van der Waals surface area contributed by atoms with Crippen molar-refractivity contribution in [3.63, 3.8) is 0 Å². The molecule has 1 aromatic carbocycles. The van der Waals surface area contributed by atoms with Crippen LogP contribution in [0.3, 0.4) is 0 Å². The molecule has 2 heteroatoms. The summed E-state index contributed by atoms with van der Waals surface area (Å²) < 4.78 is 10.8. The van der Waals surface area contributed by atoms with Gasteiger partial charge in [-0.15, -0.1) is 0 Å². The maximum atomic E-state index is 5.56. The minimum absolute atomic E-state index is 0.722. The average molecular weight is 206 g/mol. The Kier molecular flexibility index (Phi) is 4.75. The van der Waals surface area contributed by atoms with Gasteiger partial charge in [-0.3, -0.25) is 0 Å². The van der Waals surface area contributed by atoms with Crippen LogP contribution in [-0.4, -0.2) is 13.7 Å². The SMILES string of the molecule is C/C=C/c1ccc(OCCC)c(OC)c1. The molecule has 15 heavy (non-hydrogen) atoms. The van der Waals surface area contributed by atoms with Crippen LogP contribution in [0.15, 0.2) is 24.3 Å². The lowest BCUT2D eigenvalue weighted by atomic mass is 10.2. The van der Waals surface area contributed by atoms with Crippen molar-refractivity contribution in [2.75, 3.05) is 13.7 Å². The van der Waals surface area contributed by atoms with Gasteiger partial charge in [0.05, 0.1) is 13.7 Å². The zero-order valence-electron chi connectivity index (χ0n) is 9.62. The van der Waals surface area contributed by atoms with Crippen LogP contribution in [-0.2, 0) is 0 Å². The van der Waals surface area contributed by atoms with E-state index in [-0.39, 0.29) is 0 Å². The van der Waals surface area contributed by atoms with Crippen LogP contribution in [0.4, 0.5) is 0 Å². The summed E-state index contributed by atoms with van der Waals surface area (Å²) in [4.78, 5) is 0. The molecular formula is C13H18O2. The van der Waals surface area contributed by atoms with E-state index >= 15 is 0 Å². The molecule has 0 aromatic heterocycles. The zero-order valence-corrected chi connectivity index (χ0v) is 9.62. The Morgan fingerprint density at radius 3 is 2.67 bits per heavy atom. The van der Waals surface area contributed by atoms with Crippen molar-refractivity contribution in [2.24, 2.45) is 0 Å². The topological polar surface area (TPSA) is 18.5 Å². The van der Waals surface area contributed by atoms with E-state index in [0.29, 0.717) is 0 Å². The van der Waals surface area contributed by atoms with Gasteiger partial charge in [0.25, 0.3) is 0 Å². The van der Waals surface area contributed by atoms with Gasteiger partial charge in [-0.05, 0) is 31.0 Å². The van der Waals surface area contributed by atoms with Gasteiger partial charge in [0, 0.05) is 0 Å². The van der Waals surface area contributed by atoms with Crippen molar-refractivity contribution < 1.29 is 9.47 Å². The number of hydrogen-bond donors (Lipinski definition) is 0. The van der Waals surface area contributed by atoms with Gasteiger partial charge in [0.2, 0.25) is 0 Å². The Morgan fingerprint density at radius 2 is 2.07 bits per heavy atom. The molecule has 1 rings (SSSR count). The molecule has 0 amide bonds. The fraction of sp³-hybridized carbons (Fsp3) is 0.385. The maximum Gasteiger partial charge on any atom is 0.161 e. The summed E-state index contributed by atoms with van der Waals surface area (Å²) >= 11 is 0. The number of rotatable bonds is 5. The molecule has 0 heterocycles. The maximum absolute atomic E-state index is 5.56. The summed E-state index contributed by atoms with van der Waals surface area (Å²) in [5.74, 6) is 1.60. The molecule has 0 fully saturated rings. The molecule has 0 aliphatic rings. The largest absolute Gasteiger partial charge is 0.493 e. The molecule has 2 nitrogen and oxygen atoms in total. The van der Waals surface area contributed by atoms with E-state index in [1.54, 1.807) is 7.11 Å². The molecule has 0 atom stereocenters. The molecule has 1 aromatic rings. The predicted molar refractivity (Wildman–Crippen MR) is 63.5 cm³/mol. The van der Waals surface area contributed by atoms with E-state index in [9.17, 15) is 0 Å². The number of ether oxygens (including phenoxy) is 2. The molecule has 0 radical (unpaired) electrons. The summed E-state index contributed by atoms with van der Waals surface area (Å²) in [6.45, 7) is 4.80. The summed E-state index contributed by atoms with van der Waals surface area (Å²) in [6, 6.07) is 5.95. The zero-order chi connectivity index (χ0) is 11.1. The Morgan fingerprint density at radius 1 is 1.27 bits per heavy atom. The first kappa shape index (κ1) is 11.6. The first-order valence-electron chi connectivity index (χ1n) is 5.25. The highest BCUT2D eigenvalue weighted by atomic mass is 16.5. The standard InChI is InChI=1S/C13H18O2/c1-4-6-11-7-8-12(15-9-5-2)13(10-11)14-3/h4,6-8,10H,5,9H2,1-3H3/b6-4+. The first-order chi connectivity index (χ1) is 7.31. The molecule has 0 bridgehead atoms. The van der Waals surface area contributed by atoms with Crippen molar-refractivity contribution in [2.45, 2.75) is 20.3 Å². The number of hydrogen-bond acceptors (Lipinski definition) is 2. The Balaban J connectivity index is 2.88. The quantitative estimate of drug-likeness (QED) is 0.734. The number of methoxy groups -OCH3 is 1. The van der Waals surface area contributed by atoms with Crippen LogP contribution >= 0.6 is 0 Å². The van der Waals surface area contributed by atoms with Gasteiger partial charge in [-0.2, -0.15) is 0 Å². The molecule has 82 valence electrons. The lowest BCUT2D eigenvalue weighted by Crippen LogP contribution is -1.97. The Labute approximate surface area is 91.5 Å². The predicted octanol–water partition coefficient (Wildman–Crippen LogP) is 3.52. The van der Waals surface area contributed by atoms with E-state index in [4.69, 9.17) is 9.47 Å². The van der Waals surface area contributed by atoms with Gasteiger partial charge in [0.1, 0.15) is 0 Å². The third kappa shape index (κ3) is 3.31. The van der Waals surface area contributed by atoms with Crippen molar-refractivity contribution in [3.8, 4) is 11.5 Å². The lowest BCUT2D eigenvalue weighted by molar-refractivity contribution is 0.294. The fourth-order valence-corrected chi connectivity index (χ4v) is 1.31. The van der Waals surface area contributed by atoms with Crippen molar-refractivity contribution in [3.05, 3.63) is 29.8 Å². The van der Waals surface area contributed by atoms with Crippen LogP contribution in [0.5, 0.6) is 11.5 Å². The fourth-order valence-electron chi connectivity index (χ4n) is 1.31. The third-order valence-electron chi connectivity index (χ3n) is 2.01. The smallest absolute Gasteiger partial charge is 0.161 e. The second-order valence-electron chi connectivity index (χ2n) is 3.26. The minimum atomic E-state index is 0.722. The molecule has 0 saturated heterocycles. The molecule has 0 saturated carbocycles. The van der Waals surface area contributed by atoms with E-state index in [0.717, 1.165) is 30.1 Å². The van der Waals surface area contributed by atoms with Gasteiger partial charge in [-0.25, -0.2) is 0 Å². The normalized spacial score (nSPS) is 10.6. The monoisotopic (exact) mass is 206 g/mol. The molecule has 0 aliphatic heterocycles. The second kappa shape index (κ2) is 6.12. The first-order valence-corrected chi connectivity index (χ1v) is 5.25. The Bertz CT molecular complexity index is 329. The van der Waals surface area contributed by atoms with Gasteiger partial charge < -0.3 is 9.47 Å². The van der Waals surface area contributed by atoms with E-state index in [1.807, 2.05) is 37.3 Å². The number of benzene rings is 1. The summed E-state index contributed by atoms with van der Waals surface area (Å²) in [5, 5.41) is 0. The van der Waals surface area contributed by atoms with Gasteiger partial charge in [0.15, 0.2) is 11.5 Å². The molecule has 0 aliphatic carbocycles. The van der Waals surface area contributed by atoms with Crippen molar-refractivity contribution in [1.29, 1.82) is 0 Å². The summed E-state index contributed by atoms with van der Waals surface area (Å²) in [6.07, 6.45) is 5.03. The minimum Gasteiger partial charge on any atom is -0.493 e. The summed E-state index contributed by atoms with van der Waals surface area (Å²) in [5.41, 5.74) is 1.12. The highest BCUT2D eigenvalue weighted by Crippen LogP contribution is 2.28. The molecule has 0 spiro atoms. The highest BCUT2D eigenvalue weighted by Gasteiger charge is 2.03. The van der Waals surface area contributed by atoms with E-state index < -0.39 is 0 Å². The molecular weight excluding hydrogens is 188 g/mol. The highest BCUT2D eigenvalue weighted by molar-refractivity contribution is 5.55. The van der Waals surface area contributed by atoms with Crippen LogP contribution in [0, 0.1) is 0 Å². The molecule has 0 unspecified atom stereocenters. The summed E-state index contributed by atoms with van der Waals surface area (Å²) in [7, 11) is 1.66. The average Bonchev–Trinajstić information content (AvgIpc) is 2.27.